The van der Waals surface area contributed by atoms with Crippen LogP contribution >= 0.6 is 11.6 Å². The second kappa shape index (κ2) is 7.83. The van der Waals surface area contributed by atoms with Crippen molar-refractivity contribution in [1.29, 1.82) is 5.26 Å². The summed E-state index contributed by atoms with van der Waals surface area (Å²) >= 11 is 6.06. The molecule has 2 aromatic heterocycles. The maximum Gasteiger partial charge on any atom is 0.138 e. The summed E-state index contributed by atoms with van der Waals surface area (Å²) < 4.78 is 7.30. The van der Waals surface area contributed by atoms with Crippen molar-refractivity contribution in [2.75, 3.05) is 7.11 Å². The number of aryl methyl sites for hydroxylation is 1. The number of hydrogen-bond donors (Lipinski definition) is 0. The van der Waals surface area contributed by atoms with Crippen molar-refractivity contribution in [1.82, 2.24) is 9.38 Å². The molecule has 0 radical (unpaired) electrons. The first-order chi connectivity index (χ1) is 14.1. The van der Waals surface area contributed by atoms with Crippen LogP contribution in [0.15, 0.2) is 66.9 Å². The highest BCUT2D eigenvalue weighted by atomic mass is 35.5. The summed E-state index contributed by atoms with van der Waals surface area (Å²) in [5.41, 5.74) is 5.82. The fourth-order valence-corrected chi connectivity index (χ4v) is 3.36. The van der Waals surface area contributed by atoms with Gasteiger partial charge in [0.25, 0.3) is 0 Å². The Morgan fingerprint density at radius 2 is 1.93 bits per heavy atom. The minimum atomic E-state index is 0.529. The average molecular weight is 400 g/mol. The molecule has 5 heteroatoms. The first-order valence-electron chi connectivity index (χ1n) is 9.10. The number of methoxy groups -OCH3 is 1. The van der Waals surface area contributed by atoms with Crippen molar-refractivity contribution in [3.05, 3.63) is 88.7 Å². The lowest BCUT2D eigenvalue weighted by molar-refractivity contribution is 0.414. The third-order valence-corrected chi connectivity index (χ3v) is 4.97. The largest absolute Gasteiger partial charge is 0.497 e. The Balaban J connectivity index is 1.95. The van der Waals surface area contributed by atoms with Gasteiger partial charge in [0.1, 0.15) is 11.4 Å². The van der Waals surface area contributed by atoms with Crippen LogP contribution in [-0.4, -0.2) is 16.5 Å². The minimum absolute atomic E-state index is 0.529. The third-order valence-electron chi connectivity index (χ3n) is 4.72. The van der Waals surface area contributed by atoms with Gasteiger partial charge in [-0.25, -0.2) is 4.98 Å². The zero-order chi connectivity index (χ0) is 20.4. The molecule has 0 fully saturated rings. The maximum absolute atomic E-state index is 9.85. The summed E-state index contributed by atoms with van der Waals surface area (Å²) in [4.78, 5) is 4.83. The quantitative estimate of drug-likeness (QED) is 0.393. The van der Waals surface area contributed by atoms with Gasteiger partial charge in [-0.3, -0.25) is 4.40 Å². The molecule has 0 bridgehead atoms. The lowest BCUT2D eigenvalue weighted by atomic mass is 10.0. The standard InChI is InChI=1S/C24H18ClN3O/c1-16-10-11-28-22(14-19(15-26)18-4-3-5-21(13-18)29-2)24(27-23(28)12-16)17-6-8-20(25)9-7-17/h3-14H,1-2H3/b19-14+. The number of allylic oxidation sites excluding steroid dienone is 1. The number of hydrogen-bond acceptors (Lipinski definition) is 3. The molecule has 0 amide bonds. The van der Waals surface area contributed by atoms with Crippen LogP contribution < -0.4 is 4.74 Å². The van der Waals surface area contributed by atoms with E-state index in [1.54, 1.807) is 7.11 Å². The van der Waals surface area contributed by atoms with E-state index in [1.165, 1.54) is 0 Å². The molecule has 0 saturated carbocycles. The third kappa shape index (κ3) is 3.73. The molecule has 29 heavy (non-hydrogen) atoms. The smallest absolute Gasteiger partial charge is 0.138 e. The normalized spacial score (nSPS) is 11.4. The Hall–Kier alpha value is -3.55. The summed E-state index contributed by atoms with van der Waals surface area (Å²) in [6, 6.07) is 21.4. The molecule has 0 aliphatic carbocycles. The topological polar surface area (TPSA) is 50.3 Å². The van der Waals surface area contributed by atoms with E-state index >= 15 is 0 Å². The second-order valence-electron chi connectivity index (χ2n) is 6.69. The van der Waals surface area contributed by atoms with Crippen molar-refractivity contribution >= 4 is 28.9 Å². The van der Waals surface area contributed by atoms with Crippen molar-refractivity contribution in [2.24, 2.45) is 0 Å². The van der Waals surface area contributed by atoms with E-state index in [9.17, 15) is 5.26 Å². The summed E-state index contributed by atoms with van der Waals surface area (Å²) in [5.74, 6) is 0.704. The van der Waals surface area contributed by atoms with E-state index in [4.69, 9.17) is 21.3 Å². The number of pyridine rings is 1. The van der Waals surface area contributed by atoms with Crippen LogP contribution in [0.1, 0.15) is 16.8 Å². The second-order valence-corrected chi connectivity index (χ2v) is 7.12. The number of ether oxygens (including phenoxy) is 1. The highest BCUT2D eigenvalue weighted by molar-refractivity contribution is 6.30. The fourth-order valence-electron chi connectivity index (χ4n) is 3.23. The van der Waals surface area contributed by atoms with Crippen molar-refractivity contribution in [3.8, 4) is 23.1 Å². The summed E-state index contributed by atoms with van der Waals surface area (Å²) in [6.45, 7) is 2.03. The van der Waals surface area contributed by atoms with Crippen LogP contribution in [0.5, 0.6) is 5.75 Å². The number of aromatic nitrogens is 2. The molecule has 2 aromatic carbocycles. The van der Waals surface area contributed by atoms with Gasteiger partial charge in [-0.2, -0.15) is 5.26 Å². The molecule has 0 N–H and O–H groups in total. The monoisotopic (exact) mass is 399 g/mol. The summed E-state index contributed by atoms with van der Waals surface area (Å²) in [5, 5.41) is 10.5. The van der Waals surface area contributed by atoms with Crippen LogP contribution in [0.4, 0.5) is 0 Å². The van der Waals surface area contributed by atoms with Crippen molar-refractivity contribution in [3.63, 3.8) is 0 Å². The van der Waals surface area contributed by atoms with E-state index in [-0.39, 0.29) is 0 Å². The number of benzene rings is 2. The molecule has 0 aliphatic rings. The first-order valence-corrected chi connectivity index (χ1v) is 9.47. The van der Waals surface area contributed by atoms with Crippen LogP contribution in [0, 0.1) is 18.3 Å². The molecule has 4 rings (SSSR count). The van der Waals surface area contributed by atoms with Gasteiger partial charge in [-0.15, -0.1) is 0 Å². The van der Waals surface area contributed by atoms with Crippen molar-refractivity contribution in [2.45, 2.75) is 6.92 Å². The summed E-state index contributed by atoms with van der Waals surface area (Å²) in [7, 11) is 1.61. The van der Waals surface area contributed by atoms with Crippen LogP contribution in [0.3, 0.4) is 0 Å². The molecule has 4 nitrogen and oxygen atoms in total. The molecule has 0 saturated heterocycles. The Morgan fingerprint density at radius 1 is 1.14 bits per heavy atom. The molecular formula is C24H18ClN3O. The number of nitrogens with zero attached hydrogens (tertiary/aromatic N) is 3. The van der Waals surface area contributed by atoms with Gasteiger partial charge < -0.3 is 4.74 Å². The number of halogens is 1. The Bertz CT molecular complexity index is 1260. The Labute approximate surface area is 174 Å². The number of rotatable bonds is 4. The first kappa shape index (κ1) is 18.8. The van der Waals surface area contributed by atoms with Gasteiger partial charge in [0.05, 0.1) is 30.1 Å². The highest BCUT2D eigenvalue weighted by Crippen LogP contribution is 2.30. The molecule has 142 valence electrons. The number of nitriles is 1. The van der Waals surface area contributed by atoms with Crippen LogP contribution in [-0.2, 0) is 0 Å². The van der Waals surface area contributed by atoms with Gasteiger partial charge in [0, 0.05) is 16.8 Å². The molecule has 0 aliphatic heterocycles. The lowest BCUT2D eigenvalue weighted by Gasteiger charge is -2.05. The van der Waals surface area contributed by atoms with Gasteiger partial charge in [-0.05, 0) is 60.5 Å². The maximum atomic E-state index is 9.85. The molecule has 0 spiro atoms. The average Bonchev–Trinajstić information content (AvgIpc) is 3.09. The van der Waals surface area contributed by atoms with E-state index in [0.717, 1.165) is 33.7 Å². The van der Waals surface area contributed by atoms with E-state index in [0.29, 0.717) is 16.3 Å². The molecule has 4 aromatic rings. The predicted molar refractivity (Wildman–Crippen MR) is 117 cm³/mol. The van der Waals surface area contributed by atoms with E-state index in [1.807, 2.05) is 84.3 Å². The van der Waals surface area contributed by atoms with Gasteiger partial charge in [-0.1, -0.05) is 35.9 Å². The molecule has 2 heterocycles. The van der Waals surface area contributed by atoms with Gasteiger partial charge in [0.15, 0.2) is 0 Å². The van der Waals surface area contributed by atoms with Gasteiger partial charge >= 0.3 is 0 Å². The van der Waals surface area contributed by atoms with Crippen LogP contribution in [0.2, 0.25) is 5.02 Å². The van der Waals surface area contributed by atoms with Crippen molar-refractivity contribution < 1.29 is 4.74 Å². The van der Waals surface area contributed by atoms with E-state index < -0.39 is 0 Å². The fraction of sp³-hybridized carbons (Fsp3) is 0.0833. The minimum Gasteiger partial charge on any atom is -0.497 e. The van der Waals surface area contributed by atoms with Crippen LogP contribution in [0.25, 0.3) is 28.6 Å². The number of imidazole rings is 1. The Kier molecular flexibility index (Phi) is 5.07. The molecule has 0 atom stereocenters. The SMILES string of the molecule is COc1cccc(/C(C#N)=C/c2c(-c3ccc(Cl)cc3)nc3cc(C)ccn23)c1. The zero-order valence-electron chi connectivity index (χ0n) is 16.1. The number of fused-ring (bicyclic) bond motifs is 1. The highest BCUT2D eigenvalue weighted by Gasteiger charge is 2.14. The Morgan fingerprint density at radius 3 is 2.66 bits per heavy atom. The predicted octanol–water partition coefficient (Wildman–Crippen LogP) is 6.04. The molecular weight excluding hydrogens is 382 g/mol. The zero-order valence-corrected chi connectivity index (χ0v) is 16.8. The van der Waals surface area contributed by atoms with E-state index in [2.05, 4.69) is 6.07 Å². The lowest BCUT2D eigenvalue weighted by Crippen LogP contribution is -1.91. The summed E-state index contributed by atoms with van der Waals surface area (Å²) in [6.07, 6.45) is 3.84. The molecule has 0 unspecified atom stereocenters. The van der Waals surface area contributed by atoms with Gasteiger partial charge in [0.2, 0.25) is 0 Å².